The van der Waals surface area contributed by atoms with E-state index in [1.807, 2.05) is 69.2 Å². The second-order valence-corrected chi connectivity index (χ2v) is 32.7. The third-order valence-corrected chi connectivity index (χ3v) is 18.3. The van der Waals surface area contributed by atoms with Crippen LogP contribution in [0.2, 0.25) is 0 Å². The summed E-state index contributed by atoms with van der Waals surface area (Å²) < 4.78 is 21.0. The first-order valence-corrected chi connectivity index (χ1v) is 42.3. The molecule has 4 rings (SSSR count). The average Bonchev–Trinajstić information content (AvgIpc) is 1.59. The number of hydrogen-bond acceptors (Lipinski definition) is 17. The van der Waals surface area contributed by atoms with Crippen LogP contribution in [0.5, 0.6) is 5.75 Å². The molecule has 3 aromatic carbocycles. The molecule has 0 spiro atoms. The van der Waals surface area contributed by atoms with Gasteiger partial charge < -0.3 is 50.6 Å². The van der Waals surface area contributed by atoms with Crippen molar-refractivity contribution in [3.05, 3.63) is 132 Å². The number of Topliss-reactive ketones (excluding diaryl/α,β-unsaturated/α-hetero) is 1. The van der Waals surface area contributed by atoms with E-state index < -0.39 is 42.8 Å². The molecule has 23 heteroatoms. The van der Waals surface area contributed by atoms with Gasteiger partial charge in [0.1, 0.15) is 17.9 Å². The predicted molar refractivity (Wildman–Crippen MR) is 445 cm³/mol. The fourth-order valence-corrected chi connectivity index (χ4v) is 12.6. The zero-order chi connectivity index (χ0) is 75.6. The summed E-state index contributed by atoms with van der Waals surface area (Å²) in [6, 6.07) is 15.6. The molecule has 16 nitrogen and oxygen atoms in total. The van der Waals surface area contributed by atoms with Crippen LogP contribution in [0, 0.1) is 54.1 Å². The summed E-state index contributed by atoms with van der Waals surface area (Å²) in [7, 11) is 17.4. The molecule has 0 aliphatic carbocycles. The maximum absolute atomic E-state index is 11.5. The Bertz CT molecular complexity index is 2720. The van der Waals surface area contributed by atoms with E-state index >= 15 is 0 Å². The summed E-state index contributed by atoms with van der Waals surface area (Å²) in [6.45, 7) is 41.2. The van der Waals surface area contributed by atoms with Gasteiger partial charge in [0.2, 0.25) is 5.91 Å². The topological polar surface area (TPSA) is 219 Å². The van der Waals surface area contributed by atoms with Gasteiger partial charge in [-0.05, 0) is 148 Å². The summed E-state index contributed by atoms with van der Waals surface area (Å²) in [5.41, 5.74) is 15.6. The number of likely N-dealkylation sites (N-methyl/N-ethyl adjacent to an activating group) is 1. The van der Waals surface area contributed by atoms with Gasteiger partial charge in [0, 0.05) is 31.4 Å². The number of nitrogens with two attached hydrogens (primary N) is 1. The molecule has 6 N–H and O–H groups in total. The SMILES string of the molecule is C.C.C=CC(C)(O)CCCCCCC.C=CC(C)C(=O)OC.CC(C)Oc1ccccc1[CH]=[Ru]([Cl])[Cl].CCCCCCCC(C)(O)/C=C/C(NC(C)=O)C(=O)OC.CN[C@@H](CCSC)C(C)=O.COC(=O)C(N)CCSC.Cc1cc(C)c(N2[CH-]N(c3c(C)cc(C)cc3C)CC2)c(C)c1.Cl.Cl. The third kappa shape index (κ3) is 53.7. The zero-order valence-corrected chi connectivity index (χ0v) is 70.9. The molecule has 1 fully saturated rings. The number of aryl methyl sites for hydroxylation is 6. The van der Waals surface area contributed by atoms with Gasteiger partial charge in [0.25, 0.3) is 0 Å². The second-order valence-electron chi connectivity index (χ2n) is 25.0. The van der Waals surface area contributed by atoms with Crippen molar-refractivity contribution in [2.24, 2.45) is 11.7 Å². The van der Waals surface area contributed by atoms with E-state index in [2.05, 4.69) is 134 Å². The van der Waals surface area contributed by atoms with Gasteiger partial charge in [-0.3, -0.25) is 19.2 Å². The van der Waals surface area contributed by atoms with Crippen LogP contribution in [-0.4, -0.2) is 145 Å². The van der Waals surface area contributed by atoms with Crippen molar-refractivity contribution in [1.82, 2.24) is 10.6 Å². The number of amides is 1. The number of thioether (sulfide) groups is 2. The first kappa shape index (κ1) is 111. The Hall–Kier alpha value is -3.98. The maximum Gasteiger partial charge on any atom is 0.332 e. The number of ether oxygens (including phenoxy) is 4. The van der Waals surface area contributed by atoms with Crippen LogP contribution in [0.1, 0.15) is 206 Å². The molecule has 0 saturated carbocycles. The minimum Gasteiger partial charge on any atom is -0.502 e. The molecule has 1 aliphatic heterocycles. The number of carbonyl (C=O) groups is 5. The summed E-state index contributed by atoms with van der Waals surface area (Å²) in [6.07, 6.45) is 25.3. The molecule has 0 aromatic heterocycles. The minimum absolute atomic E-state index is 0. The second kappa shape index (κ2) is 65.3. The molecule has 0 bridgehead atoms. The number of para-hydroxylation sites is 1. The smallest absolute Gasteiger partial charge is 0.332 e. The van der Waals surface area contributed by atoms with Crippen LogP contribution in [0.25, 0.3) is 0 Å². The minimum atomic E-state index is -1.77. The summed E-state index contributed by atoms with van der Waals surface area (Å²) in [5.74, 6) is 1.41. The number of nitrogens with one attached hydrogen (secondary N) is 2. The molecule has 1 heterocycles. The monoisotopic (exact) mass is 1640 g/mol. The largest absolute Gasteiger partial charge is 0.502 e. The van der Waals surface area contributed by atoms with Crippen LogP contribution in [-0.2, 0) is 51.7 Å². The summed E-state index contributed by atoms with van der Waals surface area (Å²) in [5, 5.41) is 25.3. The van der Waals surface area contributed by atoms with Gasteiger partial charge in [-0.1, -0.05) is 153 Å². The Kier molecular flexibility index (Phi) is 71.3. The van der Waals surface area contributed by atoms with Crippen molar-refractivity contribution in [3.8, 4) is 5.75 Å². The molecule has 594 valence electrons. The van der Waals surface area contributed by atoms with E-state index in [4.69, 9.17) is 29.9 Å². The Balaban J connectivity index is -0.000000212. The molecule has 3 aromatic rings. The van der Waals surface area contributed by atoms with Gasteiger partial charge in [-0.15, -0.1) is 38.0 Å². The fourth-order valence-electron chi connectivity index (χ4n) is 9.87. The van der Waals surface area contributed by atoms with Gasteiger partial charge in [0.15, 0.2) is 0 Å². The van der Waals surface area contributed by atoms with E-state index in [0.29, 0.717) is 12.8 Å². The first-order chi connectivity index (χ1) is 46.1. The molecule has 1 aliphatic rings. The number of rotatable bonds is 33. The van der Waals surface area contributed by atoms with Crippen LogP contribution in [0.4, 0.5) is 11.4 Å². The van der Waals surface area contributed by atoms with E-state index in [1.54, 1.807) is 62.5 Å². The van der Waals surface area contributed by atoms with Crippen molar-refractivity contribution in [2.75, 3.05) is 75.3 Å². The number of ketones is 1. The molecule has 1 amide bonds. The van der Waals surface area contributed by atoms with Crippen molar-refractivity contribution in [1.29, 1.82) is 0 Å². The quantitative estimate of drug-likeness (QED) is 0.00956. The number of esters is 3. The van der Waals surface area contributed by atoms with E-state index in [1.165, 1.54) is 124 Å². The predicted octanol–water partition coefficient (Wildman–Crippen LogP) is 18.4. The van der Waals surface area contributed by atoms with Gasteiger partial charge in [0.05, 0.1) is 44.5 Å². The zero-order valence-electron chi connectivity index (χ0n) is 64.4. The first-order valence-electron chi connectivity index (χ1n) is 34.0. The Labute approximate surface area is 654 Å². The van der Waals surface area contributed by atoms with Crippen molar-refractivity contribution in [2.45, 2.75) is 244 Å². The van der Waals surface area contributed by atoms with Gasteiger partial charge in [-0.2, -0.15) is 30.2 Å². The number of methoxy groups -OCH3 is 3. The number of carbonyl (C=O) groups excluding carboxylic acids is 5. The molecule has 1 saturated heterocycles. The van der Waals surface area contributed by atoms with Crippen LogP contribution >= 0.6 is 67.7 Å². The fraction of sp³-hybridized carbons (Fsp3) is 0.608. The number of hydrogen-bond donors (Lipinski definition) is 5. The molecule has 102 heavy (non-hydrogen) atoms. The van der Waals surface area contributed by atoms with Crippen LogP contribution < -0.4 is 30.9 Å². The molecule has 6 atom stereocenters. The molecule has 5 unspecified atom stereocenters. The number of unbranched alkanes of at least 4 members (excludes halogenated alkanes) is 8. The van der Waals surface area contributed by atoms with Crippen molar-refractivity contribution >= 4 is 113 Å². The van der Waals surface area contributed by atoms with Gasteiger partial charge in [-0.25, -0.2) is 4.79 Å². The third-order valence-electron chi connectivity index (χ3n) is 15.2. The molecule has 0 radical (unpaired) electrons. The van der Waals surface area contributed by atoms with E-state index in [0.717, 1.165) is 68.0 Å². The van der Waals surface area contributed by atoms with Gasteiger partial charge >= 0.3 is 116 Å². The van der Waals surface area contributed by atoms with Crippen molar-refractivity contribution < 1.29 is 66.7 Å². The van der Waals surface area contributed by atoms with E-state index in [-0.39, 0.29) is 81.4 Å². The summed E-state index contributed by atoms with van der Waals surface area (Å²) >= 11 is 1.67. The Morgan fingerprint density at radius 3 is 1.47 bits per heavy atom. The Morgan fingerprint density at radius 2 is 1.12 bits per heavy atom. The average molecular weight is 1640 g/mol. The number of halogens is 4. The number of anilines is 2. The summed E-state index contributed by atoms with van der Waals surface area (Å²) in [4.78, 5) is 59.3. The maximum atomic E-state index is 11.5. The molecular formula is C79H138Cl4N5O11RuS2-. The Morgan fingerprint density at radius 1 is 0.696 bits per heavy atom. The van der Waals surface area contributed by atoms with Crippen LogP contribution in [0.3, 0.4) is 0 Å². The number of aliphatic hydroxyl groups is 2. The van der Waals surface area contributed by atoms with E-state index in [9.17, 15) is 34.2 Å². The standard InChI is InChI=1S/C21H27N2.C16H29NO4.C11H22O.C10H12O.C7H15NOS.C6H13NO2S.C6H10O2.2CH4.4ClH.Ru/c1-14-9-16(3)20(17(4)10-14)22-7-8-23(13-22)21-18(5)11-15(2)12-19(21)6;1-5-6-7-8-9-11-16(3,20)12-10-14(15(19)21-4)17-13(2)18;1-4-6-7-8-9-10-11(3,12)5-2;1-8(2)11-10-7-5-4-6-9(10)3;1-6(9)7(8-2)4-5-10-3;1-9-6(8)5(7)3-4-10-2;1-4-5(2)6(7)8-3;;;;;;;/h9-13H,7-8H2,1-6H3;10,12,14,20H,5-9,11H2,1-4H3,(H,17,18);5,12H,2,4,6-10H2,1,3H3;3-8H,1-2H3;7-8H,4-5H2,1-3H3;5H,3-4,7H2,1-2H3;4-5H,1H2,2-3H3;2*1H4;4*1H;/q-1;;;;;;;;;;;;;+2/p-2/b;12-10+;;;;;;;;;;;;/t;;;;7-;;;;;;;;;/m....0........./s1. The number of benzene rings is 3. The van der Waals surface area contributed by atoms with Crippen molar-refractivity contribution in [3.63, 3.8) is 0 Å². The molecular weight excluding hydrogens is 1500 g/mol. The van der Waals surface area contributed by atoms with Crippen LogP contribution in [0.15, 0.2) is 86.0 Å². The number of nitrogens with zero attached hydrogens (tertiary/aromatic N) is 2. The normalized spacial score (nSPS) is 13.4.